The van der Waals surface area contributed by atoms with Crippen LogP contribution in [0.4, 0.5) is 5.69 Å². The fourth-order valence-electron chi connectivity index (χ4n) is 3.06. The molecule has 0 spiro atoms. The minimum absolute atomic E-state index is 0.0855. The third-order valence-corrected chi connectivity index (χ3v) is 4.97. The fraction of sp³-hybridized carbons (Fsp3) is 0.625. The van der Waals surface area contributed by atoms with E-state index in [2.05, 4.69) is 57.8 Å². The fourth-order valence-corrected chi connectivity index (χ4v) is 3.71. The third-order valence-electron chi connectivity index (χ3n) is 4.33. The monoisotopic (exact) mass is 339 g/mol. The number of benzene rings is 1. The molecule has 112 valence electrons. The van der Waals surface area contributed by atoms with E-state index in [0.29, 0.717) is 6.04 Å². The minimum atomic E-state index is 0.0855. The second kappa shape index (κ2) is 6.92. The molecular weight excluding hydrogens is 314 g/mol. The van der Waals surface area contributed by atoms with Gasteiger partial charge in [0.25, 0.3) is 0 Å². The zero-order valence-electron chi connectivity index (χ0n) is 12.8. The molecule has 1 aliphatic rings. The van der Waals surface area contributed by atoms with E-state index in [-0.39, 0.29) is 6.04 Å². The van der Waals surface area contributed by atoms with Crippen molar-refractivity contribution in [2.75, 3.05) is 31.1 Å². The minimum Gasteiger partial charge on any atom is -0.369 e. The normalized spacial score (nSPS) is 20.7. The first-order chi connectivity index (χ1) is 9.56. The molecule has 0 amide bonds. The standard InChI is InChI=1S/C16H26BrN3/c1-4-19(5-2)14-8-9-20(11-14)16-7-6-13(12(3)18)10-15(16)17/h6-7,10,12,14H,4-5,8-9,11,18H2,1-3H3/t12-,14?/m0/s1. The second-order valence-electron chi connectivity index (χ2n) is 5.61. The lowest BCUT2D eigenvalue weighted by Crippen LogP contribution is -2.37. The van der Waals surface area contributed by atoms with Gasteiger partial charge in [0.15, 0.2) is 0 Å². The summed E-state index contributed by atoms with van der Waals surface area (Å²) in [7, 11) is 0. The van der Waals surface area contributed by atoms with Crippen molar-refractivity contribution >= 4 is 21.6 Å². The Morgan fingerprint density at radius 2 is 2.10 bits per heavy atom. The Morgan fingerprint density at radius 3 is 2.65 bits per heavy atom. The molecule has 0 aromatic heterocycles. The molecular formula is C16H26BrN3. The number of rotatable bonds is 5. The molecule has 3 nitrogen and oxygen atoms in total. The van der Waals surface area contributed by atoms with Crippen molar-refractivity contribution < 1.29 is 0 Å². The van der Waals surface area contributed by atoms with Gasteiger partial charge >= 0.3 is 0 Å². The van der Waals surface area contributed by atoms with Gasteiger partial charge in [0.2, 0.25) is 0 Å². The Labute approximate surface area is 131 Å². The van der Waals surface area contributed by atoms with Crippen LogP contribution in [0, 0.1) is 0 Å². The van der Waals surface area contributed by atoms with E-state index in [1.165, 1.54) is 17.7 Å². The topological polar surface area (TPSA) is 32.5 Å². The zero-order chi connectivity index (χ0) is 14.7. The molecule has 2 atom stereocenters. The summed E-state index contributed by atoms with van der Waals surface area (Å²) in [4.78, 5) is 5.04. The maximum atomic E-state index is 5.94. The molecule has 1 unspecified atom stereocenters. The molecule has 20 heavy (non-hydrogen) atoms. The van der Waals surface area contributed by atoms with Gasteiger partial charge in [-0.05, 0) is 60.1 Å². The molecule has 1 heterocycles. The van der Waals surface area contributed by atoms with Crippen LogP contribution in [0.15, 0.2) is 22.7 Å². The molecule has 4 heteroatoms. The highest BCUT2D eigenvalue weighted by Crippen LogP contribution is 2.32. The largest absolute Gasteiger partial charge is 0.369 e. The first kappa shape index (κ1) is 15.8. The summed E-state index contributed by atoms with van der Waals surface area (Å²) in [6, 6.07) is 7.28. The molecule has 0 saturated carbocycles. The van der Waals surface area contributed by atoms with Crippen LogP contribution in [0.25, 0.3) is 0 Å². The van der Waals surface area contributed by atoms with Crippen LogP contribution in [0.3, 0.4) is 0 Å². The van der Waals surface area contributed by atoms with Gasteiger partial charge < -0.3 is 10.6 Å². The van der Waals surface area contributed by atoms with Crippen molar-refractivity contribution in [1.82, 2.24) is 4.90 Å². The van der Waals surface area contributed by atoms with Crippen LogP contribution in [0.5, 0.6) is 0 Å². The molecule has 1 aliphatic heterocycles. The second-order valence-corrected chi connectivity index (χ2v) is 6.46. The summed E-state index contributed by atoms with van der Waals surface area (Å²) in [6.45, 7) is 11.1. The van der Waals surface area contributed by atoms with Crippen LogP contribution in [-0.4, -0.2) is 37.1 Å². The highest BCUT2D eigenvalue weighted by Gasteiger charge is 2.27. The highest BCUT2D eigenvalue weighted by atomic mass is 79.9. The van der Waals surface area contributed by atoms with E-state index in [9.17, 15) is 0 Å². The lowest BCUT2D eigenvalue weighted by Gasteiger charge is -2.27. The van der Waals surface area contributed by atoms with Crippen LogP contribution in [0.1, 0.15) is 38.8 Å². The van der Waals surface area contributed by atoms with Gasteiger partial charge in [-0.15, -0.1) is 0 Å². The lowest BCUT2D eigenvalue weighted by atomic mass is 10.1. The molecule has 1 saturated heterocycles. The molecule has 0 aliphatic carbocycles. The van der Waals surface area contributed by atoms with Crippen LogP contribution in [-0.2, 0) is 0 Å². The highest BCUT2D eigenvalue weighted by molar-refractivity contribution is 9.10. The molecule has 0 bridgehead atoms. The first-order valence-electron chi connectivity index (χ1n) is 7.60. The Hall–Kier alpha value is -0.580. The summed E-state index contributed by atoms with van der Waals surface area (Å²) in [5, 5.41) is 0. The molecule has 2 rings (SSSR count). The summed E-state index contributed by atoms with van der Waals surface area (Å²) in [5.41, 5.74) is 8.42. The van der Waals surface area contributed by atoms with Crippen molar-refractivity contribution in [3.8, 4) is 0 Å². The lowest BCUT2D eigenvalue weighted by molar-refractivity contribution is 0.232. The molecule has 0 radical (unpaired) electrons. The molecule has 1 aromatic carbocycles. The number of anilines is 1. The Morgan fingerprint density at radius 1 is 1.40 bits per heavy atom. The smallest absolute Gasteiger partial charge is 0.0511 e. The number of halogens is 1. The average molecular weight is 340 g/mol. The average Bonchev–Trinajstić information content (AvgIpc) is 2.89. The van der Waals surface area contributed by atoms with E-state index in [0.717, 1.165) is 30.7 Å². The van der Waals surface area contributed by atoms with Crippen LogP contribution < -0.4 is 10.6 Å². The molecule has 2 N–H and O–H groups in total. The summed E-state index contributed by atoms with van der Waals surface area (Å²) < 4.78 is 1.16. The maximum Gasteiger partial charge on any atom is 0.0511 e. The first-order valence-corrected chi connectivity index (χ1v) is 8.40. The number of nitrogens with two attached hydrogens (primary N) is 1. The van der Waals surface area contributed by atoms with E-state index in [4.69, 9.17) is 5.73 Å². The van der Waals surface area contributed by atoms with Gasteiger partial charge in [-0.1, -0.05) is 19.9 Å². The maximum absolute atomic E-state index is 5.94. The summed E-state index contributed by atoms with van der Waals surface area (Å²) in [5.74, 6) is 0. The van der Waals surface area contributed by atoms with Gasteiger partial charge in [0, 0.05) is 29.6 Å². The van der Waals surface area contributed by atoms with E-state index < -0.39 is 0 Å². The van der Waals surface area contributed by atoms with E-state index >= 15 is 0 Å². The molecule has 1 aromatic rings. The van der Waals surface area contributed by atoms with Crippen LogP contribution >= 0.6 is 15.9 Å². The Bertz CT molecular complexity index is 443. The van der Waals surface area contributed by atoms with Crippen molar-refractivity contribution in [2.45, 2.75) is 39.3 Å². The summed E-state index contributed by atoms with van der Waals surface area (Å²) >= 11 is 3.71. The van der Waals surface area contributed by atoms with E-state index in [1.807, 2.05) is 6.92 Å². The van der Waals surface area contributed by atoms with Gasteiger partial charge in [0.05, 0.1) is 5.69 Å². The number of hydrogen-bond acceptors (Lipinski definition) is 3. The number of likely N-dealkylation sites (N-methyl/N-ethyl adjacent to an activating group) is 1. The van der Waals surface area contributed by atoms with Crippen molar-refractivity contribution in [3.63, 3.8) is 0 Å². The van der Waals surface area contributed by atoms with Gasteiger partial charge in [-0.2, -0.15) is 0 Å². The van der Waals surface area contributed by atoms with Crippen molar-refractivity contribution in [2.24, 2.45) is 5.73 Å². The molecule has 1 fully saturated rings. The third kappa shape index (κ3) is 3.35. The number of nitrogens with zero attached hydrogens (tertiary/aromatic N) is 2. The van der Waals surface area contributed by atoms with Gasteiger partial charge in [0.1, 0.15) is 0 Å². The van der Waals surface area contributed by atoms with Gasteiger partial charge in [-0.3, -0.25) is 4.90 Å². The van der Waals surface area contributed by atoms with Gasteiger partial charge in [-0.25, -0.2) is 0 Å². The predicted molar refractivity (Wildman–Crippen MR) is 90.3 cm³/mol. The number of hydrogen-bond donors (Lipinski definition) is 1. The zero-order valence-corrected chi connectivity index (χ0v) is 14.4. The Balaban J connectivity index is 2.10. The van der Waals surface area contributed by atoms with E-state index in [1.54, 1.807) is 0 Å². The van der Waals surface area contributed by atoms with Crippen molar-refractivity contribution in [3.05, 3.63) is 28.2 Å². The quantitative estimate of drug-likeness (QED) is 0.892. The summed E-state index contributed by atoms with van der Waals surface area (Å²) in [6.07, 6.45) is 1.25. The van der Waals surface area contributed by atoms with Crippen molar-refractivity contribution in [1.29, 1.82) is 0 Å². The van der Waals surface area contributed by atoms with Crippen LogP contribution in [0.2, 0.25) is 0 Å². The Kier molecular flexibility index (Phi) is 5.47. The SMILES string of the molecule is CCN(CC)C1CCN(c2ccc([C@H](C)N)cc2Br)C1. The predicted octanol–water partition coefficient (Wildman–Crippen LogP) is 3.39.